The molecule has 1 aliphatic rings. The maximum absolute atomic E-state index is 11.6. The van der Waals surface area contributed by atoms with E-state index < -0.39 is 27.2 Å². The molecular formula is C24H46N2O10P2. The van der Waals surface area contributed by atoms with Gasteiger partial charge in [-0.15, -0.1) is 0 Å². The van der Waals surface area contributed by atoms with E-state index >= 15 is 0 Å². The standard InChI is InChI=1S/C24H40O10P2.2H3N/c1-7-8-9-12-18-15-20(31-23(3,4)33-35(25,26)27)22(19-13-10-11-17(2)14-19)21(16-18)32-24(5,6)34-36(28,29)30;;/h14-16,19H,7-13H2,1-6H3,(H2,25,26,27)(H2,28,29,30);2*1H3. The first kappa shape index (κ1) is 36.7. The van der Waals surface area contributed by atoms with Crippen molar-refractivity contribution in [2.45, 2.75) is 104 Å². The van der Waals surface area contributed by atoms with Crippen molar-refractivity contribution >= 4 is 15.6 Å². The van der Waals surface area contributed by atoms with Gasteiger partial charge in [0, 0.05) is 39.2 Å². The van der Waals surface area contributed by atoms with Gasteiger partial charge in [0.25, 0.3) is 0 Å². The number of unbranched alkanes of at least 4 members (excludes halogenated alkanes) is 2. The van der Waals surface area contributed by atoms with Crippen molar-refractivity contribution in [1.29, 1.82) is 0 Å². The topological polar surface area (TPSA) is 222 Å². The molecule has 1 unspecified atom stereocenters. The van der Waals surface area contributed by atoms with Crippen LogP contribution in [0.3, 0.4) is 0 Å². The third-order valence-electron chi connectivity index (χ3n) is 5.56. The molecule has 0 saturated carbocycles. The Morgan fingerprint density at radius 2 is 1.37 bits per heavy atom. The number of rotatable bonds is 13. The lowest BCUT2D eigenvalue weighted by Gasteiger charge is -2.33. The molecule has 2 rings (SSSR count). The predicted octanol–water partition coefficient (Wildman–Crippen LogP) is 6.41. The van der Waals surface area contributed by atoms with Crippen LogP contribution >= 0.6 is 15.6 Å². The minimum atomic E-state index is -4.86. The van der Waals surface area contributed by atoms with Gasteiger partial charge in [0.15, 0.2) is 0 Å². The summed E-state index contributed by atoms with van der Waals surface area (Å²) >= 11 is 0. The molecule has 10 N–H and O–H groups in total. The van der Waals surface area contributed by atoms with E-state index in [-0.39, 0.29) is 18.2 Å². The first-order chi connectivity index (χ1) is 16.4. The molecule has 0 saturated heterocycles. The largest absolute Gasteiger partial charge is 0.472 e. The van der Waals surface area contributed by atoms with Crippen LogP contribution in [0, 0.1) is 0 Å². The highest BCUT2D eigenvalue weighted by Crippen LogP contribution is 2.48. The highest BCUT2D eigenvalue weighted by Gasteiger charge is 2.36. The van der Waals surface area contributed by atoms with Crippen LogP contribution in [0.2, 0.25) is 0 Å². The quantitative estimate of drug-likeness (QED) is 0.0641. The Labute approximate surface area is 225 Å². The molecule has 12 nitrogen and oxygen atoms in total. The number of hydrogen-bond donors (Lipinski definition) is 6. The highest BCUT2D eigenvalue weighted by atomic mass is 31.2. The van der Waals surface area contributed by atoms with Gasteiger partial charge in [-0.25, -0.2) is 18.2 Å². The molecule has 0 aliphatic heterocycles. The van der Waals surface area contributed by atoms with Crippen LogP contribution in [-0.2, 0) is 24.6 Å². The van der Waals surface area contributed by atoms with Crippen LogP contribution in [0.25, 0.3) is 0 Å². The zero-order valence-corrected chi connectivity index (χ0v) is 25.1. The van der Waals surface area contributed by atoms with E-state index in [1.54, 1.807) is 0 Å². The van der Waals surface area contributed by atoms with Gasteiger partial charge in [0.2, 0.25) is 11.6 Å². The molecule has 222 valence electrons. The summed E-state index contributed by atoms with van der Waals surface area (Å²) in [5.41, 5.74) is 2.61. The van der Waals surface area contributed by atoms with Crippen molar-refractivity contribution in [2.75, 3.05) is 0 Å². The van der Waals surface area contributed by atoms with Gasteiger partial charge in [-0.3, -0.25) is 0 Å². The van der Waals surface area contributed by atoms with Crippen molar-refractivity contribution in [1.82, 2.24) is 12.3 Å². The molecule has 0 fully saturated rings. The lowest BCUT2D eigenvalue weighted by Crippen LogP contribution is -2.33. The molecule has 1 aromatic carbocycles. The van der Waals surface area contributed by atoms with E-state index in [1.165, 1.54) is 33.3 Å². The summed E-state index contributed by atoms with van der Waals surface area (Å²) < 4.78 is 45.1. The Balaban J connectivity index is 0.00000684. The maximum atomic E-state index is 11.6. The molecule has 1 aliphatic carbocycles. The number of phosphoric acid groups is 2. The summed E-state index contributed by atoms with van der Waals surface area (Å²) in [6.45, 7) is 9.74. The number of hydrogen-bond acceptors (Lipinski definition) is 8. The van der Waals surface area contributed by atoms with E-state index in [9.17, 15) is 28.7 Å². The summed E-state index contributed by atoms with van der Waals surface area (Å²) in [4.78, 5) is 37.5. The SMILES string of the molecule is CCCCCc1cc(OC(C)(C)OP(=O)(O)O)c(C2C=C(C)CCC2)c(OC(C)(C)OP(=O)(O)O)c1.N.N. The molecule has 1 aromatic rings. The van der Waals surface area contributed by atoms with Gasteiger partial charge in [-0.05, 0) is 56.7 Å². The lowest BCUT2D eigenvalue weighted by molar-refractivity contribution is -0.100. The molecule has 0 amide bonds. The van der Waals surface area contributed by atoms with E-state index in [4.69, 9.17) is 18.5 Å². The number of ether oxygens (including phenoxy) is 2. The van der Waals surface area contributed by atoms with Gasteiger partial charge in [-0.1, -0.05) is 31.4 Å². The summed E-state index contributed by atoms with van der Waals surface area (Å²) in [6, 6.07) is 3.63. The average Bonchev–Trinajstić information content (AvgIpc) is 2.63. The van der Waals surface area contributed by atoms with Crippen molar-refractivity contribution in [3.05, 3.63) is 34.9 Å². The summed E-state index contributed by atoms with van der Waals surface area (Å²) in [7, 11) is -9.72. The summed E-state index contributed by atoms with van der Waals surface area (Å²) in [5.74, 6) is -2.89. The van der Waals surface area contributed by atoms with Gasteiger partial charge in [-0.2, -0.15) is 0 Å². The second-order valence-corrected chi connectivity index (χ2v) is 12.5. The third kappa shape index (κ3) is 12.7. The van der Waals surface area contributed by atoms with Crippen LogP contribution in [0.4, 0.5) is 0 Å². The first-order valence-corrected chi connectivity index (χ1v) is 15.2. The zero-order chi connectivity index (χ0) is 27.4. The van der Waals surface area contributed by atoms with Gasteiger partial charge >= 0.3 is 15.6 Å². The molecule has 1 atom stereocenters. The molecule has 0 bridgehead atoms. The zero-order valence-electron chi connectivity index (χ0n) is 23.3. The Bertz CT molecular complexity index is 974. The van der Waals surface area contributed by atoms with Crippen molar-refractivity contribution in [3.63, 3.8) is 0 Å². The van der Waals surface area contributed by atoms with Gasteiger partial charge < -0.3 is 41.3 Å². The Hall–Kier alpha value is -1.30. The van der Waals surface area contributed by atoms with Crippen LogP contribution in [0.15, 0.2) is 23.8 Å². The first-order valence-electron chi connectivity index (χ1n) is 12.1. The Kier molecular flexibility index (Phi) is 13.9. The molecular weight excluding hydrogens is 538 g/mol. The van der Waals surface area contributed by atoms with Crippen LogP contribution in [0.5, 0.6) is 11.5 Å². The molecule has 0 aromatic heterocycles. The molecule has 14 heteroatoms. The van der Waals surface area contributed by atoms with E-state index in [2.05, 4.69) is 13.0 Å². The minimum absolute atomic E-state index is 0. The number of aryl methyl sites for hydroxylation is 1. The molecule has 0 spiro atoms. The molecule has 0 heterocycles. The lowest BCUT2D eigenvalue weighted by atomic mass is 9.84. The summed E-state index contributed by atoms with van der Waals surface area (Å²) in [6.07, 6.45) is 8.29. The monoisotopic (exact) mass is 584 g/mol. The van der Waals surface area contributed by atoms with Gasteiger partial charge in [0.05, 0.1) is 0 Å². The van der Waals surface area contributed by atoms with Crippen LogP contribution in [-0.4, -0.2) is 31.1 Å². The van der Waals surface area contributed by atoms with Gasteiger partial charge in [0.1, 0.15) is 11.5 Å². The van der Waals surface area contributed by atoms with Crippen LogP contribution < -0.4 is 21.8 Å². The number of benzene rings is 1. The predicted molar refractivity (Wildman–Crippen MR) is 146 cm³/mol. The fourth-order valence-electron chi connectivity index (χ4n) is 4.39. The molecule has 38 heavy (non-hydrogen) atoms. The minimum Gasteiger partial charge on any atom is -0.462 e. The van der Waals surface area contributed by atoms with Crippen molar-refractivity contribution < 1.29 is 47.2 Å². The Morgan fingerprint density at radius 3 is 1.76 bits per heavy atom. The van der Waals surface area contributed by atoms with E-state index in [1.807, 2.05) is 19.1 Å². The highest BCUT2D eigenvalue weighted by molar-refractivity contribution is 7.46. The van der Waals surface area contributed by atoms with E-state index in [0.29, 0.717) is 23.5 Å². The number of phosphoric ester groups is 2. The van der Waals surface area contributed by atoms with Crippen molar-refractivity contribution in [2.24, 2.45) is 0 Å². The smallest absolute Gasteiger partial charge is 0.462 e. The van der Waals surface area contributed by atoms with Crippen LogP contribution in [0.1, 0.15) is 97.1 Å². The second kappa shape index (κ2) is 14.4. The fourth-order valence-corrected chi connectivity index (χ4v) is 5.61. The summed E-state index contributed by atoms with van der Waals surface area (Å²) in [5, 5.41) is 0. The Morgan fingerprint density at radius 1 is 0.895 bits per heavy atom. The second-order valence-electron chi connectivity index (χ2n) is 10.1. The average molecular weight is 585 g/mol. The third-order valence-corrected chi connectivity index (χ3v) is 6.92. The molecule has 0 radical (unpaired) electrons. The maximum Gasteiger partial charge on any atom is 0.472 e. The number of allylic oxidation sites excluding steroid dienone is 2. The normalized spacial score (nSPS) is 16.7. The van der Waals surface area contributed by atoms with Crippen molar-refractivity contribution in [3.8, 4) is 11.5 Å². The fraction of sp³-hybridized carbons (Fsp3) is 0.667. The van der Waals surface area contributed by atoms with E-state index in [0.717, 1.165) is 44.1 Å².